The van der Waals surface area contributed by atoms with Gasteiger partial charge >= 0.3 is 5.97 Å². The average molecular weight is 750 g/mol. The van der Waals surface area contributed by atoms with Crippen LogP contribution in [0.1, 0.15) is 105 Å². The molecule has 4 N–H and O–H groups in total. The van der Waals surface area contributed by atoms with Crippen molar-refractivity contribution in [1.29, 1.82) is 0 Å². The number of rotatable bonds is 12. The number of unbranched alkanes of at least 4 members (excludes halogenated alkanes) is 2. The molecule has 5 nitrogen and oxygen atoms in total. The second kappa shape index (κ2) is 16.9. The number of carboxylic acid groups (broad SMARTS) is 1. The Balaban J connectivity index is 1.08. The summed E-state index contributed by atoms with van der Waals surface area (Å²) in [6.45, 7) is 0.672. The molecule has 1 saturated carbocycles. The number of fused-ring (bicyclic) bond motifs is 3. The van der Waals surface area contributed by atoms with Gasteiger partial charge in [-0.2, -0.15) is 0 Å². The fraction of sp³-hybridized carbons (Fsp3) is 0.451. The maximum absolute atomic E-state index is 13.6. The number of benzene rings is 3. The highest BCUT2D eigenvalue weighted by molar-refractivity contribution is 5.76. The smallest absolute Gasteiger partial charge is 0.307 e. The van der Waals surface area contributed by atoms with E-state index in [0.717, 1.165) is 82.6 Å². The molecule has 5 heteroatoms. The number of aromatic hydroxyl groups is 1. The monoisotopic (exact) mass is 749 g/mol. The van der Waals surface area contributed by atoms with Gasteiger partial charge in [0.2, 0.25) is 0 Å². The largest absolute Gasteiger partial charge is 0.508 e. The van der Waals surface area contributed by atoms with Crippen molar-refractivity contribution in [3.05, 3.63) is 129 Å². The third-order valence-corrected chi connectivity index (χ3v) is 14.5. The first kappa shape index (κ1) is 38.4. The molecule has 1 spiro atoms. The van der Waals surface area contributed by atoms with E-state index in [2.05, 4.69) is 97.1 Å². The van der Waals surface area contributed by atoms with Crippen molar-refractivity contribution in [3.63, 3.8) is 0 Å². The number of phenolic OH excluding ortho intramolecular Hbond substituents is 1. The van der Waals surface area contributed by atoms with Crippen molar-refractivity contribution in [1.82, 2.24) is 0 Å². The quantitative estimate of drug-likeness (QED) is 0.0976. The van der Waals surface area contributed by atoms with Crippen molar-refractivity contribution in [3.8, 4) is 5.75 Å². The number of aliphatic carboxylic acids is 1. The summed E-state index contributed by atoms with van der Waals surface area (Å²) >= 11 is 0. The number of hydrogen-bond donors (Lipinski definition) is 3. The van der Waals surface area contributed by atoms with E-state index in [9.17, 15) is 19.8 Å². The molecular weight excluding hydrogens is 691 g/mol. The molecule has 0 unspecified atom stereocenters. The molecule has 9 atom stereocenters. The minimum absolute atomic E-state index is 0.0863. The van der Waals surface area contributed by atoms with Crippen LogP contribution in [0, 0.1) is 41.4 Å². The molecule has 0 radical (unpaired) electrons. The number of nitrogens with two attached hydrogens (primary N) is 1. The SMILES string of the molecule is NCCC1=C[C@@H]([C@@H](C=O)CCCCC[C@@H]2C/C=C\C[C@@H](C(=O)O)[C@@]34C[C@@H]5C=c6ccccc6=C[C@@H]5C[C@@H]3C=Cc3ccc(cc34)C[C@H]2c2ccc(O)cc2)CC1. The molecule has 3 aromatic carbocycles. The van der Waals surface area contributed by atoms with E-state index in [-0.39, 0.29) is 29.4 Å². The van der Waals surface area contributed by atoms with Crippen molar-refractivity contribution < 1.29 is 19.8 Å². The van der Waals surface area contributed by atoms with E-state index in [1.165, 1.54) is 39.0 Å². The lowest BCUT2D eigenvalue weighted by Gasteiger charge is -2.54. The lowest BCUT2D eigenvalue weighted by molar-refractivity contribution is -0.146. The Hall–Kier alpha value is -4.48. The number of aldehydes is 1. The molecular formula is C51H59NO4. The van der Waals surface area contributed by atoms with Crippen LogP contribution in [-0.4, -0.2) is 29.0 Å². The van der Waals surface area contributed by atoms with Crippen molar-refractivity contribution in [2.75, 3.05) is 6.54 Å². The third-order valence-electron chi connectivity index (χ3n) is 14.5. The first-order chi connectivity index (χ1) is 27.4. The zero-order valence-electron chi connectivity index (χ0n) is 32.8. The van der Waals surface area contributed by atoms with E-state index in [0.29, 0.717) is 30.7 Å². The van der Waals surface area contributed by atoms with Crippen LogP contribution in [0.15, 0.2) is 96.6 Å². The Morgan fingerprint density at radius 2 is 1.71 bits per heavy atom. The molecule has 0 heterocycles. The van der Waals surface area contributed by atoms with E-state index in [1.54, 1.807) is 0 Å². The van der Waals surface area contributed by atoms with Crippen LogP contribution in [0.2, 0.25) is 0 Å². The number of allylic oxidation sites excluding steroid dienone is 4. The fourth-order valence-corrected chi connectivity index (χ4v) is 11.6. The predicted octanol–water partition coefficient (Wildman–Crippen LogP) is 9.02. The maximum atomic E-state index is 13.6. The van der Waals surface area contributed by atoms with Gasteiger partial charge in [0.25, 0.3) is 0 Å². The second-order valence-electron chi connectivity index (χ2n) is 17.7. The first-order valence-corrected chi connectivity index (χ1v) is 21.5. The van der Waals surface area contributed by atoms with E-state index >= 15 is 0 Å². The summed E-state index contributed by atoms with van der Waals surface area (Å²) < 4.78 is 0. The van der Waals surface area contributed by atoms with Crippen LogP contribution in [-0.2, 0) is 21.4 Å². The Bertz CT molecular complexity index is 2110. The Morgan fingerprint density at radius 1 is 0.929 bits per heavy atom. The fourth-order valence-electron chi connectivity index (χ4n) is 11.6. The highest BCUT2D eigenvalue weighted by atomic mass is 16.4. The Kier molecular flexibility index (Phi) is 11.6. The van der Waals surface area contributed by atoms with Crippen LogP contribution in [0.3, 0.4) is 0 Å². The zero-order chi connectivity index (χ0) is 38.6. The lowest BCUT2D eigenvalue weighted by Crippen LogP contribution is -2.53. The molecule has 56 heavy (non-hydrogen) atoms. The molecule has 1 fully saturated rings. The summed E-state index contributed by atoms with van der Waals surface area (Å²) in [5, 5.41) is 24.0. The van der Waals surface area contributed by atoms with Gasteiger partial charge in [-0.05, 0) is 151 Å². The van der Waals surface area contributed by atoms with Gasteiger partial charge < -0.3 is 20.7 Å². The van der Waals surface area contributed by atoms with Gasteiger partial charge in [0, 0.05) is 11.3 Å². The third kappa shape index (κ3) is 7.77. The Labute approximate surface area is 332 Å². The molecule has 292 valence electrons. The van der Waals surface area contributed by atoms with Gasteiger partial charge in [-0.3, -0.25) is 4.79 Å². The van der Waals surface area contributed by atoms with E-state index in [1.807, 2.05) is 12.1 Å². The van der Waals surface area contributed by atoms with Gasteiger partial charge in [0.1, 0.15) is 12.0 Å². The number of phenols is 1. The summed E-state index contributed by atoms with van der Waals surface area (Å²) in [5.41, 5.74) is 11.6. The minimum Gasteiger partial charge on any atom is -0.508 e. The topological polar surface area (TPSA) is 101 Å². The van der Waals surface area contributed by atoms with Gasteiger partial charge in [-0.1, -0.05) is 122 Å². The zero-order valence-corrected chi connectivity index (χ0v) is 32.8. The maximum Gasteiger partial charge on any atom is 0.307 e. The summed E-state index contributed by atoms with van der Waals surface area (Å²) in [6, 6.07) is 23.4. The normalized spacial score (nSPS) is 30.1. The Morgan fingerprint density at radius 3 is 2.48 bits per heavy atom. The van der Waals surface area contributed by atoms with Crippen molar-refractivity contribution in [2.45, 2.75) is 94.8 Å². The van der Waals surface area contributed by atoms with Gasteiger partial charge in [-0.15, -0.1) is 0 Å². The summed E-state index contributed by atoms with van der Waals surface area (Å²) in [6.07, 6.45) is 29.7. The van der Waals surface area contributed by atoms with E-state index in [4.69, 9.17) is 5.73 Å². The molecule has 5 aliphatic carbocycles. The number of carboxylic acids is 1. The van der Waals surface area contributed by atoms with Crippen LogP contribution < -0.4 is 16.2 Å². The highest BCUT2D eigenvalue weighted by Gasteiger charge is 2.55. The molecule has 2 bridgehead atoms. The molecule has 8 rings (SSSR count). The van der Waals surface area contributed by atoms with Crippen LogP contribution in [0.5, 0.6) is 5.75 Å². The summed E-state index contributed by atoms with van der Waals surface area (Å²) in [5.74, 6) is 0.868. The minimum atomic E-state index is -0.696. The van der Waals surface area contributed by atoms with Gasteiger partial charge in [0.05, 0.1) is 5.92 Å². The van der Waals surface area contributed by atoms with Crippen molar-refractivity contribution >= 4 is 30.5 Å². The standard InChI is InChI=1S/C51H59NO4/c52-25-24-34-14-17-41(26-34)42(33-53)12-3-1-2-8-36-9-6-7-13-48(50(55)56)51-32-44-30-40-11-5-4-10-39(40)29-43(44)31-45(51)21-18-38-16-15-35(28-49(38)51)27-47(36)37-19-22-46(54)23-20-37/h4-7,10-11,15-16,18-23,26,28-30,33,36,41-45,47-48,54H,1-3,8-9,12-14,17,24-25,27,31-32,52H2,(H,55,56)/b7-6-/t36-,41+,42-,43-,44+,45+,47-,48+,51-/m1/s1. The molecule has 0 amide bonds. The number of hydrogen-bond acceptors (Lipinski definition) is 4. The summed E-state index contributed by atoms with van der Waals surface area (Å²) in [7, 11) is 0. The summed E-state index contributed by atoms with van der Waals surface area (Å²) in [4.78, 5) is 25.7. The first-order valence-electron chi connectivity index (χ1n) is 21.5. The number of carbonyl (C=O) groups is 2. The molecule has 0 aromatic heterocycles. The molecule has 3 aromatic rings. The van der Waals surface area contributed by atoms with Gasteiger partial charge in [0.15, 0.2) is 0 Å². The van der Waals surface area contributed by atoms with Gasteiger partial charge in [-0.25, -0.2) is 0 Å². The molecule has 0 saturated heterocycles. The lowest BCUT2D eigenvalue weighted by atomic mass is 9.49. The predicted molar refractivity (Wildman–Crippen MR) is 226 cm³/mol. The molecule has 0 aliphatic heterocycles. The average Bonchev–Trinajstić information content (AvgIpc) is 3.67. The molecule has 5 aliphatic rings. The van der Waals surface area contributed by atoms with Crippen molar-refractivity contribution in [2.24, 2.45) is 47.2 Å². The van der Waals surface area contributed by atoms with Crippen LogP contribution >= 0.6 is 0 Å². The highest BCUT2D eigenvalue weighted by Crippen LogP contribution is 2.58. The van der Waals surface area contributed by atoms with Crippen LogP contribution in [0.4, 0.5) is 0 Å². The van der Waals surface area contributed by atoms with Crippen LogP contribution in [0.25, 0.3) is 18.2 Å². The van der Waals surface area contributed by atoms with E-state index < -0.39 is 17.3 Å². The number of carbonyl (C=O) groups excluding carboxylic acids is 1. The second-order valence-corrected chi connectivity index (χ2v) is 17.7.